The van der Waals surface area contributed by atoms with Gasteiger partial charge in [-0.1, -0.05) is 0 Å². The lowest BCUT2D eigenvalue weighted by molar-refractivity contribution is 0.186. The minimum atomic E-state index is 0.683. The molecule has 0 radical (unpaired) electrons. The van der Waals surface area contributed by atoms with E-state index in [2.05, 4.69) is 27.3 Å². The van der Waals surface area contributed by atoms with Gasteiger partial charge in [-0.15, -0.1) is 0 Å². The van der Waals surface area contributed by atoms with Crippen LogP contribution >= 0.6 is 0 Å². The Hall–Kier alpha value is -0.940. The van der Waals surface area contributed by atoms with Gasteiger partial charge in [0, 0.05) is 13.1 Å². The van der Waals surface area contributed by atoms with Crippen LogP contribution in [-0.4, -0.2) is 45.8 Å². The third kappa shape index (κ3) is 2.54. The highest BCUT2D eigenvalue weighted by atomic mass is 15.3. The lowest BCUT2D eigenvalue weighted by atomic mass is 10.1. The molecule has 1 N–H and O–H groups in total. The van der Waals surface area contributed by atoms with Gasteiger partial charge in [-0.2, -0.15) is 5.10 Å². The molecule has 1 aromatic rings. The molecule has 0 bridgehead atoms. The van der Waals surface area contributed by atoms with Crippen molar-refractivity contribution < 1.29 is 0 Å². The normalized spacial score (nSPS) is 18.6. The first-order chi connectivity index (χ1) is 7.27. The SMILES string of the molecule is CN(Cc1ncnn1C)C1CCNCC1. The second-order valence-corrected chi connectivity index (χ2v) is 4.20. The average molecular weight is 209 g/mol. The molecule has 5 nitrogen and oxygen atoms in total. The number of hydrogen-bond donors (Lipinski definition) is 1. The highest BCUT2D eigenvalue weighted by molar-refractivity contribution is 4.85. The molecule has 1 saturated heterocycles. The summed E-state index contributed by atoms with van der Waals surface area (Å²) in [6.45, 7) is 3.16. The fraction of sp³-hybridized carbons (Fsp3) is 0.800. The van der Waals surface area contributed by atoms with E-state index in [1.54, 1.807) is 6.33 Å². The van der Waals surface area contributed by atoms with E-state index in [0.29, 0.717) is 6.04 Å². The molecule has 2 rings (SSSR count). The van der Waals surface area contributed by atoms with Crippen LogP contribution in [0.5, 0.6) is 0 Å². The molecule has 0 spiro atoms. The van der Waals surface area contributed by atoms with Crippen molar-refractivity contribution in [2.75, 3.05) is 20.1 Å². The third-order valence-corrected chi connectivity index (χ3v) is 3.13. The molecule has 15 heavy (non-hydrogen) atoms. The van der Waals surface area contributed by atoms with E-state index >= 15 is 0 Å². The van der Waals surface area contributed by atoms with Crippen molar-refractivity contribution in [3.8, 4) is 0 Å². The fourth-order valence-electron chi connectivity index (χ4n) is 2.06. The zero-order valence-electron chi connectivity index (χ0n) is 9.48. The van der Waals surface area contributed by atoms with Gasteiger partial charge in [0.15, 0.2) is 0 Å². The molecule has 0 atom stereocenters. The van der Waals surface area contributed by atoms with Gasteiger partial charge in [0.2, 0.25) is 0 Å². The minimum Gasteiger partial charge on any atom is -0.317 e. The van der Waals surface area contributed by atoms with Crippen LogP contribution in [0.3, 0.4) is 0 Å². The Morgan fingerprint density at radius 3 is 2.87 bits per heavy atom. The molecular formula is C10H19N5. The van der Waals surface area contributed by atoms with Crippen LogP contribution in [0.4, 0.5) is 0 Å². The summed E-state index contributed by atoms with van der Waals surface area (Å²) in [5.74, 6) is 1.04. The van der Waals surface area contributed by atoms with E-state index in [-0.39, 0.29) is 0 Å². The molecule has 0 unspecified atom stereocenters. The van der Waals surface area contributed by atoms with Crippen molar-refractivity contribution in [3.63, 3.8) is 0 Å². The molecule has 0 amide bonds. The monoisotopic (exact) mass is 209 g/mol. The van der Waals surface area contributed by atoms with Crippen LogP contribution in [0.25, 0.3) is 0 Å². The largest absolute Gasteiger partial charge is 0.317 e. The van der Waals surface area contributed by atoms with Gasteiger partial charge in [-0.3, -0.25) is 9.58 Å². The zero-order chi connectivity index (χ0) is 10.7. The summed E-state index contributed by atoms with van der Waals surface area (Å²) in [6.07, 6.45) is 4.08. The fourth-order valence-corrected chi connectivity index (χ4v) is 2.06. The number of nitrogens with one attached hydrogen (secondary N) is 1. The van der Waals surface area contributed by atoms with Crippen LogP contribution in [0.1, 0.15) is 18.7 Å². The second-order valence-electron chi connectivity index (χ2n) is 4.20. The number of aryl methyl sites for hydroxylation is 1. The van der Waals surface area contributed by atoms with Gasteiger partial charge >= 0.3 is 0 Å². The van der Waals surface area contributed by atoms with Crippen molar-refractivity contribution in [1.82, 2.24) is 25.0 Å². The molecule has 0 aliphatic carbocycles. The molecular weight excluding hydrogens is 190 g/mol. The smallest absolute Gasteiger partial charge is 0.140 e. The summed E-state index contributed by atoms with van der Waals surface area (Å²) < 4.78 is 1.84. The highest BCUT2D eigenvalue weighted by Gasteiger charge is 2.18. The molecule has 5 heteroatoms. The Balaban J connectivity index is 1.91. The Labute approximate surface area is 90.5 Å². The Morgan fingerprint density at radius 2 is 2.27 bits per heavy atom. The van der Waals surface area contributed by atoms with Crippen LogP contribution in [0.2, 0.25) is 0 Å². The highest BCUT2D eigenvalue weighted by Crippen LogP contribution is 2.11. The van der Waals surface area contributed by atoms with Gasteiger partial charge in [0.05, 0.1) is 6.54 Å². The summed E-state index contributed by atoms with van der Waals surface area (Å²) in [5, 5.41) is 7.46. The summed E-state index contributed by atoms with van der Waals surface area (Å²) in [4.78, 5) is 6.62. The van der Waals surface area contributed by atoms with E-state index in [1.165, 1.54) is 12.8 Å². The molecule has 1 aromatic heterocycles. The Kier molecular flexibility index (Phi) is 3.33. The maximum atomic E-state index is 4.25. The number of rotatable bonds is 3. The predicted molar refractivity (Wildman–Crippen MR) is 58.4 cm³/mol. The molecule has 1 aliphatic heterocycles. The zero-order valence-corrected chi connectivity index (χ0v) is 9.48. The van der Waals surface area contributed by atoms with Crippen molar-refractivity contribution in [3.05, 3.63) is 12.2 Å². The summed E-state index contributed by atoms with van der Waals surface area (Å²) in [7, 11) is 4.11. The predicted octanol–water partition coefficient (Wildman–Crippen LogP) is -0.00110. The van der Waals surface area contributed by atoms with Gasteiger partial charge < -0.3 is 5.32 Å². The Bertz CT molecular complexity index is 303. The van der Waals surface area contributed by atoms with E-state index in [1.807, 2.05) is 11.7 Å². The molecule has 0 aromatic carbocycles. The molecule has 0 saturated carbocycles. The number of piperidine rings is 1. The molecule has 1 fully saturated rings. The lowest BCUT2D eigenvalue weighted by Gasteiger charge is -2.31. The van der Waals surface area contributed by atoms with Crippen LogP contribution in [-0.2, 0) is 13.6 Å². The Morgan fingerprint density at radius 1 is 1.53 bits per heavy atom. The van der Waals surface area contributed by atoms with Crippen LogP contribution < -0.4 is 5.32 Å². The quantitative estimate of drug-likeness (QED) is 0.761. The topological polar surface area (TPSA) is 46.0 Å². The maximum absolute atomic E-state index is 4.25. The molecule has 84 valence electrons. The standard InChI is InChI=1S/C10H19N5/c1-14(9-3-5-11-6-4-9)7-10-12-8-13-15(10)2/h8-9,11H,3-7H2,1-2H3. The van der Waals surface area contributed by atoms with E-state index in [0.717, 1.165) is 25.5 Å². The first-order valence-corrected chi connectivity index (χ1v) is 5.51. The maximum Gasteiger partial charge on any atom is 0.140 e. The number of aromatic nitrogens is 3. The first-order valence-electron chi connectivity index (χ1n) is 5.51. The third-order valence-electron chi connectivity index (χ3n) is 3.13. The number of nitrogens with zero attached hydrogens (tertiary/aromatic N) is 4. The van der Waals surface area contributed by atoms with Gasteiger partial charge in [0.25, 0.3) is 0 Å². The first kappa shape index (κ1) is 10.6. The summed E-state index contributed by atoms with van der Waals surface area (Å²) in [5.41, 5.74) is 0. The number of hydrogen-bond acceptors (Lipinski definition) is 4. The van der Waals surface area contributed by atoms with Crippen molar-refractivity contribution >= 4 is 0 Å². The van der Waals surface area contributed by atoms with Crippen LogP contribution in [0.15, 0.2) is 6.33 Å². The summed E-state index contributed by atoms with van der Waals surface area (Å²) >= 11 is 0. The van der Waals surface area contributed by atoms with Gasteiger partial charge in [-0.05, 0) is 33.0 Å². The second kappa shape index (κ2) is 4.72. The van der Waals surface area contributed by atoms with E-state index in [4.69, 9.17) is 0 Å². The van der Waals surface area contributed by atoms with Crippen molar-refractivity contribution in [2.24, 2.45) is 7.05 Å². The molecule has 1 aliphatic rings. The van der Waals surface area contributed by atoms with Crippen molar-refractivity contribution in [1.29, 1.82) is 0 Å². The van der Waals surface area contributed by atoms with Gasteiger partial charge in [0.1, 0.15) is 12.2 Å². The molecule has 2 heterocycles. The lowest BCUT2D eigenvalue weighted by Crippen LogP contribution is -2.41. The van der Waals surface area contributed by atoms with Crippen molar-refractivity contribution in [2.45, 2.75) is 25.4 Å². The van der Waals surface area contributed by atoms with E-state index in [9.17, 15) is 0 Å². The van der Waals surface area contributed by atoms with Gasteiger partial charge in [-0.25, -0.2) is 4.98 Å². The minimum absolute atomic E-state index is 0.683. The average Bonchev–Trinajstić information content (AvgIpc) is 2.66. The van der Waals surface area contributed by atoms with E-state index < -0.39 is 0 Å². The van der Waals surface area contributed by atoms with Crippen LogP contribution in [0, 0.1) is 0 Å². The summed E-state index contributed by atoms with van der Waals surface area (Å²) in [6, 6.07) is 0.683.